The maximum absolute atomic E-state index is 11.9. The molecule has 0 aliphatic heterocycles. The van der Waals surface area contributed by atoms with Crippen LogP contribution in [0.4, 0.5) is 0 Å². The van der Waals surface area contributed by atoms with Gasteiger partial charge in [-0.1, -0.05) is 31.5 Å². The van der Waals surface area contributed by atoms with Crippen LogP contribution in [-0.4, -0.2) is 18.1 Å². The van der Waals surface area contributed by atoms with E-state index in [2.05, 4.69) is 19.2 Å². The minimum atomic E-state index is -0.537. The average molecular weight is 270 g/mol. The number of amides is 1. The van der Waals surface area contributed by atoms with E-state index in [0.29, 0.717) is 16.7 Å². The number of nitrogens with one attached hydrogen (secondary N) is 1. The van der Waals surface area contributed by atoms with Crippen LogP contribution in [0, 0.1) is 5.92 Å². The Labute approximate surface area is 113 Å². The molecule has 0 saturated carbocycles. The number of carbonyl (C=O) groups is 1. The van der Waals surface area contributed by atoms with Crippen molar-refractivity contribution < 1.29 is 9.53 Å². The molecule has 2 atom stereocenters. The van der Waals surface area contributed by atoms with Crippen LogP contribution in [0.3, 0.4) is 0 Å². The van der Waals surface area contributed by atoms with E-state index in [1.807, 2.05) is 6.92 Å². The Morgan fingerprint density at radius 3 is 2.50 bits per heavy atom. The van der Waals surface area contributed by atoms with Crippen LogP contribution in [-0.2, 0) is 4.79 Å². The number of benzene rings is 1. The normalized spacial score (nSPS) is 14.1. The van der Waals surface area contributed by atoms with Crippen molar-refractivity contribution in [3.05, 3.63) is 29.3 Å². The molecule has 0 aromatic heterocycles. The fraction of sp³-hybridized carbons (Fsp3) is 0.500. The van der Waals surface area contributed by atoms with Crippen molar-refractivity contribution in [2.45, 2.75) is 39.8 Å². The zero-order valence-corrected chi connectivity index (χ0v) is 12.0. The molecule has 0 aliphatic rings. The third-order valence-electron chi connectivity index (χ3n) is 2.85. The van der Waals surface area contributed by atoms with Crippen molar-refractivity contribution in [3.8, 4) is 5.75 Å². The van der Waals surface area contributed by atoms with Crippen LogP contribution in [0.1, 0.15) is 27.7 Å². The predicted molar refractivity (Wildman–Crippen MR) is 74.0 cm³/mol. The highest BCUT2D eigenvalue weighted by molar-refractivity contribution is 6.30. The summed E-state index contributed by atoms with van der Waals surface area (Å²) in [6, 6.07) is 7.15. The van der Waals surface area contributed by atoms with E-state index in [9.17, 15) is 4.79 Å². The zero-order valence-electron chi connectivity index (χ0n) is 11.2. The van der Waals surface area contributed by atoms with Gasteiger partial charge in [-0.05, 0) is 38.0 Å². The molecule has 1 N–H and O–H groups in total. The highest BCUT2D eigenvalue weighted by atomic mass is 35.5. The van der Waals surface area contributed by atoms with Crippen LogP contribution in [0.25, 0.3) is 0 Å². The van der Waals surface area contributed by atoms with Crippen molar-refractivity contribution in [2.75, 3.05) is 0 Å². The van der Waals surface area contributed by atoms with Crippen molar-refractivity contribution in [1.29, 1.82) is 0 Å². The minimum absolute atomic E-state index is 0.115. The van der Waals surface area contributed by atoms with E-state index in [0.717, 1.165) is 0 Å². The lowest BCUT2D eigenvalue weighted by Gasteiger charge is -2.21. The monoisotopic (exact) mass is 269 g/mol. The van der Waals surface area contributed by atoms with Gasteiger partial charge < -0.3 is 10.1 Å². The summed E-state index contributed by atoms with van der Waals surface area (Å²) in [6.07, 6.45) is -0.537. The molecule has 0 unspecified atom stereocenters. The fourth-order valence-electron chi connectivity index (χ4n) is 1.31. The summed E-state index contributed by atoms with van der Waals surface area (Å²) in [5, 5.41) is 3.51. The molecule has 100 valence electrons. The number of hydrogen-bond acceptors (Lipinski definition) is 2. The van der Waals surface area contributed by atoms with E-state index in [1.54, 1.807) is 31.2 Å². The highest BCUT2D eigenvalue weighted by Crippen LogP contribution is 2.18. The Balaban J connectivity index is 2.55. The topological polar surface area (TPSA) is 38.3 Å². The molecule has 0 aliphatic carbocycles. The molecule has 0 bridgehead atoms. The Bertz CT molecular complexity index is 407. The van der Waals surface area contributed by atoms with Gasteiger partial charge in [-0.3, -0.25) is 4.79 Å². The van der Waals surface area contributed by atoms with Crippen molar-refractivity contribution in [1.82, 2.24) is 5.32 Å². The predicted octanol–water partition coefficient (Wildman–Crippen LogP) is 3.27. The van der Waals surface area contributed by atoms with Crippen molar-refractivity contribution in [3.63, 3.8) is 0 Å². The first-order chi connectivity index (χ1) is 8.40. The van der Waals surface area contributed by atoms with E-state index >= 15 is 0 Å². The van der Waals surface area contributed by atoms with Gasteiger partial charge in [0.15, 0.2) is 6.10 Å². The van der Waals surface area contributed by atoms with Gasteiger partial charge in [0.25, 0.3) is 5.91 Å². The van der Waals surface area contributed by atoms with Gasteiger partial charge in [-0.2, -0.15) is 0 Å². The first kappa shape index (κ1) is 14.8. The van der Waals surface area contributed by atoms with Gasteiger partial charge in [0.2, 0.25) is 0 Å². The summed E-state index contributed by atoms with van der Waals surface area (Å²) >= 11 is 5.85. The largest absolute Gasteiger partial charge is 0.481 e. The molecule has 18 heavy (non-hydrogen) atoms. The van der Waals surface area contributed by atoms with Crippen LogP contribution in [0.15, 0.2) is 24.3 Å². The van der Waals surface area contributed by atoms with Gasteiger partial charge in [0.1, 0.15) is 5.75 Å². The zero-order chi connectivity index (χ0) is 13.7. The second kappa shape index (κ2) is 6.64. The number of carbonyl (C=O) groups excluding carboxylic acids is 1. The molecule has 0 saturated heterocycles. The number of ether oxygens (including phenoxy) is 1. The smallest absolute Gasteiger partial charge is 0.260 e. The molecular formula is C14H20ClNO2. The molecule has 0 fully saturated rings. The number of hydrogen-bond donors (Lipinski definition) is 1. The van der Waals surface area contributed by atoms with E-state index in [1.165, 1.54) is 0 Å². The van der Waals surface area contributed by atoms with E-state index < -0.39 is 6.10 Å². The second-order valence-electron chi connectivity index (χ2n) is 4.76. The Morgan fingerprint density at radius 1 is 1.28 bits per heavy atom. The minimum Gasteiger partial charge on any atom is -0.481 e. The molecular weight excluding hydrogens is 250 g/mol. The summed E-state index contributed by atoms with van der Waals surface area (Å²) in [5.41, 5.74) is 0. The molecule has 0 heterocycles. The van der Waals surface area contributed by atoms with Crippen LogP contribution < -0.4 is 10.1 Å². The summed E-state index contributed by atoms with van der Waals surface area (Å²) < 4.78 is 5.54. The molecule has 1 rings (SSSR count). The summed E-state index contributed by atoms with van der Waals surface area (Å²) in [7, 11) is 0. The van der Waals surface area contributed by atoms with Crippen LogP contribution in [0.2, 0.25) is 5.02 Å². The quantitative estimate of drug-likeness (QED) is 0.891. The standard InChI is InChI=1S/C14H20ClNO2/c1-9(2)10(3)16-14(17)11(4)18-13-7-5-6-12(15)8-13/h5-11H,1-4H3,(H,16,17)/t10-,11+/m1/s1. The van der Waals surface area contributed by atoms with Gasteiger partial charge in [0.05, 0.1) is 0 Å². The molecule has 4 heteroatoms. The number of halogens is 1. The first-order valence-electron chi connectivity index (χ1n) is 6.12. The average Bonchev–Trinajstić information content (AvgIpc) is 2.28. The molecule has 1 aromatic carbocycles. The van der Waals surface area contributed by atoms with E-state index in [-0.39, 0.29) is 11.9 Å². The lowest BCUT2D eigenvalue weighted by atomic mass is 10.1. The molecule has 0 spiro atoms. The summed E-state index contributed by atoms with van der Waals surface area (Å²) in [4.78, 5) is 11.9. The Hall–Kier alpha value is -1.22. The molecule has 0 radical (unpaired) electrons. The Morgan fingerprint density at radius 2 is 1.94 bits per heavy atom. The highest BCUT2D eigenvalue weighted by Gasteiger charge is 2.18. The van der Waals surface area contributed by atoms with Gasteiger partial charge in [0, 0.05) is 11.1 Å². The molecule has 1 aromatic rings. The third-order valence-corrected chi connectivity index (χ3v) is 3.08. The fourth-order valence-corrected chi connectivity index (χ4v) is 1.49. The SMILES string of the molecule is CC(C)[C@@H](C)NC(=O)[C@H](C)Oc1cccc(Cl)c1. The second-order valence-corrected chi connectivity index (χ2v) is 5.20. The lowest BCUT2D eigenvalue weighted by Crippen LogP contribution is -2.43. The van der Waals surface area contributed by atoms with Gasteiger partial charge >= 0.3 is 0 Å². The van der Waals surface area contributed by atoms with Crippen LogP contribution in [0.5, 0.6) is 5.75 Å². The van der Waals surface area contributed by atoms with E-state index in [4.69, 9.17) is 16.3 Å². The summed E-state index contributed by atoms with van der Waals surface area (Å²) in [5.74, 6) is 0.880. The molecule has 3 nitrogen and oxygen atoms in total. The summed E-state index contributed by atoms with van der Waals surface area (Å²) in [6.45, 7) is 7.83. The number of rotatable bonds is 5. The maximum Gasteiger partial charge on any atom is 0.260 e. The first-order valence-corrected chi connectivity index (χ1v) is 6.50. The van der Waals surface area contributed by atoms with Crippen molar-refractivity contribution >= 4 is 17.5 Å². The Kier molecular flexibility index (Phi) is 5.48. The third kappa shape index (κ3) is 4.57. The van der Waals surface area contributed by atoms with Crippen molar-refractivity contribution in [2.24, 2.45) is 5.92 Å². The van der Waals surface area contributed by atoms with Gasteiger partial charge in [-0.15, -0.1) is 0 Å². The molecule has 1 amide bonds. The van der Waals surface area contributed by atoms with Crippen LogP contribution >= 0.6 is 11.6 Å². The maximum atomic E-state index is 11.9. The van der Waals surface area contributed by atoms with Gasteiger partial charge in [-0.25, -0.2) is 0 Å². The lowest BCUT2D eigenvalue weighted by molar-refractivity contribution is -0.128.